The molecule has 6 heteroatoms. The number of nitrogens with zero attached hydrogens (tertiary/aromatic N) is 1. The molecule has 5 unspecified atom stereocenters. The van der Waals surface area contributed by atoms with Gasteiger partial charge >= 0.3 is 12.0 Å². The van der Waals surface area contributed by atoms with E-state index in [0.717, 1.165) is 38.8 Å². The Labute approximate surface area is 118 Å². The maximum Gasteiger partial charge on any atom is 0.315 e. The summed E-state index contributed by atoms with van der Waals surface area (Å²) in [6, 6.07) is -0.207. The molecule has 0 aromatic rings. The second-order valence-electron chi connectivity index (χ2n) is 6.59. The van der Waals surface area contributed by atoms with Crippen LogP contribution in [0.5, 0.6) is 0 Å². The molecular weight excluding hydrogens is 258 g/mol. The van der Waals surface area contributed by atoms with E-state index in [9.17, 15) is 14.7 Å². The quantitative estimate of drug-likeness (QED) is 0.703. The Morgan fingerprint density at radius 2 is 1.90 bits per heavy atom. The molecule has 3 fully saturated rings. The zero-order chi connectivity index (χ0) is 14.3. The normalized spacial score (nSPS) is 40.0. The van der Waals surface area contributed by atoms with E-state index in [-0.39, 0.29) is 24.0 Å². The number of hydrogen-bond donors (Lipinski definition) is 3. The molecule has 20 heavy (non-hydrogen) atoms. The number of hydrogen-bond acceptors (Lipinski definition) is 3. The number of nitrogens with one attached hydrogen (secondary N) is 2. The van der Waals surface area contributed by atoms with Gasteiger partial charge < -0.3 is 20.6 Å². The third-order valence-corrected chi connectivity index (χ3v) is 5.23. The SMILES string of the molecule is CN1CCC(NC(=O)NC2C3CCC(C3)C2C(=O)O)C1. The van der Waals surface area contributed by atoms with Crippen LogP contribution in [0.2, 0.25) is 0 Å². The predicted molar refractivity (Wildman–Crippen MR) is 73.3 cm³/mol. The molecule has 1 saturated heterocycles. The first-order chi connectivity index (χ1) is 9.54. The van der Waals surface area contributed by atoms with Crippen LogP contribution in [-0.2, 0) is 4.79 Å². The van der Waals surface area contributed by atoms with E-state index in [1.807, 2.05) is 7.05 Å². The molecule has 1 heterocycles. The summed E-state index contributed by atoms with van der Waals surface area (Å²) in [5, 5.41) is 15.3. The Bertz CT molecular complexity index is 414. The lowest BCUT2D eigenvalue weighted by Crippen LogP contribution is -2.52. The first kappa shape index (κ1) is 13.7. The van der Waals surface area contributed by atoms with E-state index in [1.165, 1.54) is 0 Å². The fourth-order valence-electron chi connectivity index (χ4n) is 4.29. The molecule has 5 atom stereocenters. The second kappa shape index (κ2) is 5.24. The molecule has 1 aliphatic heterocycles. The highest BCUT2D eigenvalue weighted by molar-refractivity contribution is 5.77. The van der Waals surface area contributed by atoms with Gasteiger partial charge in [-0.15, -0.1) is 0 Å². The van der Waals surface area contributed by atoms with Crippen LogP contribution in [0.25, 0.3) is 0 Å². The van der Waals surface area contributed by atoms with Crippen LogP contribution in [0, 0.1) is 17.8 Å². The monoisotopic (exact) mass is 281 g/mol. The number of urea groups is 1. The van der Waals surface area contributed by atoms with Crippen molar-refractivity contribution in [1.29, 1.82) is 0 Å². The molecule has 0 aromatic carbocycles. The van der Waals surface area contributed by atoms with Gasteiger partial charge in [-0.25, -0.2) is 4.79 Å². The molecule has 3 rings (SSSR count). The molecule has 0 aromatic heterocycles. The maximum absolute atomic E-state index is 12.1. The summed E-state index contributed by atoms with van der Waals surface area (Å²) >= 11 is 0. The minimum atomic E-state index is -0.761. The fraction of sp³-hybridized carbons (Fsp3) is 0.857. The smallest absolute Gasteiger partial charge is 0.315 e. The fourth-order valence-corrected chi connectivity index (χ4v) is 4.29. The molecule has 2 amide bonds. The van der Waals surface area contributed by atoms with Crippen molar-refractivity contribution in [3.8, 4) is 0 Å². The van der Waals surface area contributed by atoms with Gasteiger partial charge in [-0.2, -0.15) is 0 Å². The number of likely N-dealkylation sites (N-methyl/N-ethyl adjacent to an activating group) is 1. The lowest BCUT2D eigenvalue weighted by Gasteiger charge is -2.29. The van der Waals surface area contributed by atoms with Crippen LogP contribution >= 0.6 is 0 Å². The Hall–Kier alpha value is -1.30. The highest BCUT2D eigenvalue weighted by Gasteiger charge is 2.51. The first-order valence-electron chi connectivity index (χ1n) is 7.53. The molecule has 3 aliphatic rings. The largest absolute Gasteiger partial charge is 0.481 e. The van der Waals surface area contributed by atoms with Crippen LogP contribution in [0.3, 0.4) is 0 Å². The zero-order valence-electron chi connectivity index (χ0n) is 11.8. The zero-order valence-corrected chi connectivity index (χ0v) is 11.8. The number of carbonyl (C=O) groups is 2. The van der Waals surface area contributed by atoms with Crippen molar-refractivity contribution in [3.05, 3.63) is 0 Å². The maximum atomic E-state index is 12.1. The number of likely N-dealkylation sites (tertiary alicyclic amines) is 1. The van der Waals surface area contributed by atoms with Crippen molar-refractivity contribution in [2.45, 2.75) is 37.8 Å². The lowest BCUT2D eigenvalue weighted by molar-refractivity contribution is -0.144. The molecule has 3 N–H and O–H groups in total. The van der Waals surface area contributed by atoms with Gasteiger partial charge in [0, 0.05) is 18.6 Å². The number of fused-ring (bicyclic) bond motifs is 2. The van der Waals surface area contributed by atoms with E-state index >= 15 is 0 Å². The topological polar surface area (TPSA) is 81.7 Å². The van der Waals surface area contributed by atoms with E-state index in [1.54, 1.807) is 0 Å². The third kappa shape index (κ3) is 2.49. The number of rotatable bonds is 3. The number of carboxylic acids is 1. The van der Waals surface area contributed by atoms with Gasteiger partial charge in [0.25, 0.3) is 0 Å². The minimum Gasteiger partial charge on any atom is -0.481 e. The van der Waals surface area contributed by atoms with Gasteiger partial charge in [-0.3, -0.25) is 4.79 Å². The van der Waals surface area contributed by atoms with Crippen molar-refractivity contribution < 1.29 is 14.7 Å². The predicted octanol–water partition coefficient (Wildman–Crippen LogP) is 0.489. The average molecular weight is 281 g/mol. The number of amides is 2. The summed E-state index contributed by atoms with van der Waals surface area (Å²) in [6.45, 7) is 1.86. The van der Waals surface area contributed by atoms with Gasteiger partial charge in [0.1, 0.15) is 0 Å². The average Bonchev–Trinajstić information content (AvgIpc) is 3.04. The van der Waals surface area contributed by atoms with Gasteiger partial charge in [0.05, 0.1) is 5.92 Å². The summed E-state index contributed by atoms with van der Waals surface area (Å²) in [4.78, 5) is 25.6. The van der Waals surface area contributed by atoms with Gasteiger partial charge in [-0.05, 0) is 51.1 Å². The first-order valence-corrected chi connectivity index (χ1v) is 7.53. The van der Waals surface area contributed by atoms with Gasteiger partial charge in [0.15, 0.2) is 0 Å². The van der Waals surface area contributed by atoms with Crippen LogP contribution in [-0.4, -0.2) is 54.2 Å². The minimum absolute atomic E-state index is 0.182. The van der Waals surface area contributed by atoms with Crippen molar-refractivity contribution in [2.75, 3.05) is 20.1 Å². The molecule has 112 valence electrons. The van der Waals surface area contributed by atoms with Crippen LogP contribution in [0.4, 0.5) is 4.79 Å². The third-order valence-electron chi connectivity index (χ3n) is 5.23. The van der Waals surface area contributed by atoms with Gasteiger partial charge in [0.2, 0.25) is 0 Å². The highest BCUT2D eigenvalue weighted by atomic mass is 16.4. The van der Waals surface area contributed by atoms with Crippen LogP contribution < -0.4 is 10.6 Å². The molecule has 0 spiro atoms. The standard InChI is InChI=1S/C14H23N3O3/c1-17-5-4-10(7-17)15-14(20)16-12-9-3-2-8(6-9)11(12)13(18)19/h8-12H,2-7H2,1H3,(H,18,19)(H2,15,16,20). The second-order valence-corrected chi connectivity index (χ2v) is 6.59. The molecular formula is C14H23N3O3. The molecule has 2 aliphatic carbocycles. The summed E-state index contributed by atoms with van der Waals surface area (Å²) in [6.07, 6.45) is 3.96. The van der Waals surface area contributed by atoms with Gasteiger partial charge in [-0.1, -0.05) is 0 Å². The van der Waals surface area contributed by atoms with Crippen molar-refractivity contribution in [2.24, 2.45) is 17.8 Å². The molecule has 6 nitrogen and oxygen atoms in total. The van der Waals surface area contributed by atoms with E-state index in [0.29, 0.717) is 5.92 Å². The molecule has 0 radical (unpaired) electrons. The van der Waals surface area contributed by atoms with E-state index < -0.39 is 11.9 Å². The molecule has 2 bridgehead atoms. The summed E-state index contributed by atoms with van der Waals surface area (Å²) in [7, 11) is 2.04. The number of aliphatic carboxylic acids is 1. The number of carboxylic acid groups (broad SMARTS) is 1. The molecule has 2 saturated carbocycles. The van der Waals surface area contributed by atoms with Crippen LogP contribution in [0.1, 0.15) is 25.7 Å². The van der Waals surface area contributed by atoms with E-state index in [2.05, 4.69) is 15.5 Å². The van der Waals surface area contributed by atoms with Crippen molar-refractivity contribution >= 4 is 12.0 Å². The van der Waals surface area contributed by atoms with E-state index in [4.69, 9.17) is 0 Å². The lowest BCUT2D eigenvalue weighted by atomic mass is 9.84. The Kier molecular flexibility index (Phi) is 3.58. The summed E-state index contributed by atoms with van der Waals surface area (Å²) in [5.41, 5.74) is 0. The highest BCUT2D eigenvalue weighted by Crippen LogP contribution is 2.48. The van der Waals surface area contributed by atoms with Crippen molar-refractivity contribution in [1.82, 2.24) is 15.5 Å². The van der Waals surface area contributed by atoms with Crippen molar-refractivity contribution in [3.63, 3.8) is 0 Å². The van der Waals surface area contributed by atoms with Crippen LogP contribution in [0.15, 0.2) is 0 Å². The Morgan fingerprint density at radius 1 is 1.15 bits per heavy atom. The summed E-state index contributed by atoms with van der Waals surface area (Å²) in [5.74, 6) is -0.563. The Balaban J connectivity index is 1.56. The summed E-state index contributed by atoms with van der Waals surface area (Å²) < 4.78 is 0. The Morgan fingerprint density at radius 3 is 2.55 bits per heavy atom. The number of carbonyl (C=O) groups excluding carboxylic acids is 1.